The van der Waals surface area contributed by atoms with E-state index < -0.39 is 0 Å². The third-order valence-electron chi connectivity index (χ3n) is 13.4. The van der Waals surface area contributed by atoms with Gasteiger partial charge in [-0.25, -0.2) is 0 Å². The van der Waals surface area contributed by atoms with Crippen LogP contribution in [0.5, 0.6) is 0 Å². The molecule has 0 amide bonds. The summed E-state index contributed by atoms with van der Waals surface area (Å²) in [7, 11) is 0. The van der Waals surface area contributed by atoms with Crippen molar-refractivity contribution >= 4 is 55.0 Å². The van der Waals surface area contributed by atoms with Crippen LogP contribution in [-0.2, 0) is 51.7 Å². The molecule has 69 heavy (non-hydrogen) atoms. The number of pyridine rings is 2. The van der Waals surface area contributed by atoms with Gasteiger partial charge in [0.2, 0.25) is 0 Å². The Morgan fingerprint density at radius 1 is 0.522 bits per heavy atom. The van der Waals surface area contributed by atoms with Crippen molar-refractivity contribution in [1.82, 2.24) is 9.97 Å². The molecule has 0 aliphatic rings. The number of carbonyl (C=O) groups excluding carboxylic acids is 2. The number of allylic oxidation sites excluding steroid dienone is 4. The van der Waals surface area contributed by atoms with Crippen molar-refractivity contribution in [3.05, 3.63) is 131 Å². The van der Waals surface area contributed by atoms with Crippen molar-refractivity contribution in [2.75, 3.05) is 0 Å². The largest absolute Gasteiger partial charge is 0.545 e. The average molecular weight is 1290 g/mol. The Hall–Kier alpha value is -4.70. The quantitative estimate of drug-likeness (QED) is 0.0563. The van der Waals surface area contributed by atoms with Crippen LogP contribution in [-0.4, -0.2) is 31.7 Å². The molecule has 9 heteroatoms. The molecule has 0 saturated heterocycles. The van der Waals surface area contributed by atoms with Crippen LogP contribution >= 0.6 is 0 Å². The number of hydrogen-bond donors (Lipinski definition) is 2. The van der Waals surface area contributed by atoms with Crippen molar-refractivity contribution in [2.24, 2.45) is 23.7 Å². The van der Waals surface area contributed by atoms with Crippen molar-refractivity contribution in [1.29, 1.82) is 0 Å². The van der Waals surface area contributed by atoms with Gasteiger partial charge in [0.25, 0.3) is 0 Å². The van der Waals surface area contributed by atoms with Crippen molar-refractivity contribution < 1.29 is 66.3 Å². The minimum Gasteiger partial charge on any atom is -0.545 e. The van der Waals surface area contributed by atoms with Crippen LogP contribution in [0.2, 0.25) is 0 Å². The Balaban J connectivity index is 0.000000331. The summed E-state index contributed by atoms with van der Waals surface area (Å²) in [5.74, 6) is 1.09. The number of aliphatic hydroxyl groups excluding tert-OH is 2. The topological polar surface area (TPSA) is 114 Å². The van der Waals surface area contributed by atoms with Crippen LogP contribution in [0.4, 0.5) is 0 Å². The van der Waals surface area contributed by atoms with E-state index in [1.54, 1.807) is 0 Å². The first kappa shape index (κ1) is 58.6. The molecule has 0 saturated carbocycles. The predicted octanol–water partition coefficient (Wildman–Crippen LogP) is 16.6. The van der Waals surface area contributed by atoms with E-state index in [0.717, 1.165) is 107 Å². The number of aryl methyl sites for hydroxylation is 4. The number of hydrogen-bond acceptors (Lipinski definition) is 7. The molecule has 7 rings (SSSR count). The van der Waals surface area contributed by atoms with E-state index in [-0.39, 0.29) is 88.9 Å². The average Bonchev–Trinajstić information content (AvgIpc) is 3.70. The molecule has 0 fully saturated rings. The Bertz CT molecular complexity index is 2690. The van der Waals surface area contributed by atoms with E-state index in [1.165, 1.54) is 45.2 Å². The fourth-order valence-corrected chi connectivity index (χ4v) is 9.17. The maximum atomic E-state index is 11.7. The molecule has 0 aliphatic heterocycles. The van der Waals surface area contributed by atoms with Gasteiger partial charge in [-0.15, -0.1) is 36.4 Å². The summed E-state index contributed by atoms with van der Waals surface area (Å²) in [5, 5.41) is 26.3. The van der Waals surface area contributed by atoms with Crippen molar-refractivity contribution in [3.63, 3.8) is 0 Å². The number of ketones is 2. The molecule has 0 atom stereocenters. The maximum absolute atomic E-state index is 11.7. The summed E-state index contributed by atoms with van der Waals surface area (Å²) in [4.78, 5) is 33.0. The maximum Gasteiger partial charge on any atom is 0.162 e. The van der Waals surface area contributed by atoms with Gasteiger partial charge in [0.15, 0.2) is 11.6 Å². The molecule has 374 valence electrons. The molecule has 3 heterocycles. The molecule has 0 bridgehead atoms. The van der Waals surface area contributed by atoms with Gasteiger partial charge in [-0.05, 0) is 112 Å². The molecule has 0 spiro atoms. The summed E-state index contributed by atoms with van der Waals surface area (Å²) in [5.41, 5.74) is 9.91. The number of aliphatic hydroxyl groups is 2. The van der Waals surface area contributed by atoms with Crippen molar-refractivity contribution in [3.8, 4) is 22.5 Å². The zero-order valence-corrected chi connectivity index (χ0v) is 47.2. The van der Waals surface area contributed by atoms with E-state index in [1.807, 2.05) is 79.9 Å². The zero-order chi connectivity index (χ0) is 48.9. The van der Waals surface area contributed by atoms with Gasteiger partial charge >= 0.3 is 0 Å². The van der Waals surface area contributed by atoms with Gasteiger partial charge in [0, 0.05) is 112 Å². The van der Waals surface area contributed by atoms with Gasteiger partial charge in [-0.3, -0.25) is 9.59 Å². The van der Waals surface area contributed by atoms with E-state index in [4.69, 9.17) is 14.4 Å². The predicted molar refractivity (Wildman–Crippen MR) is 280 cm³/mol. The molecule has 4 aromatic carbocycles. The molecule has 3 aromatic heterocycles. The molecule has 0 aliphatic carbocycles. The number of aromatic nitrogens is 2. The SMILES string of the molecule is CCC(CC)C(=O)/C=C(\O)C(CC)CC.CCC(CC)C(=O)/C=C(\O)C(CC)CC.Cc1cc(C)c2cnc(-c3[c-]ccc4c3oc3c(-c5cc6cc(C)cc(C)c6cn5)[c-]ccc34)cc2c1.[Pt].[Pt]. The fraction of sp³-hybridized carbons (Fsp3) is 0.400. The summed E-state index contributed by atoms with van der Waals surface area (Å²) in [6.45, 7) is 24.7. The summed E-state index contributed by atoms with van der Waals surface area (Å²) < 4.78 is 6.60. The molecule has 7 aromatic rings. The Morgan fingerprint density at radius 3 is 1.17 bits per heavy atom. The van der Waals surface area contributed by atoms with Crippen molar-refractivity contribution in [2.45, 2.75) is 134 Å². The second-order valence-electron chi connectivity index (χ2n) is 18.0. The van der Waals surface area contributed by atoms with Crippen LogP contribution in [0, 0.1) is 63.5 Å². The third-order valence-corrected chi connectivity index (χ3v) is 13.4. The van der Waals surface area contributed by atoms with Gasteiger partial charge in [-0.2, -0.15) is 0 Å². The number of rotatable bonds is 16. The monoisotopic (exact) mass is 1290 g/mol. The van der Waals surface area contributed by atoms with Crippen LogP contribution in [0.25, 0.3) is 66.0 Å². The molecule has 0 radical (unpaired) electrons. The van der Waals surface area contributed by atoms with Gasteiger partial charge in [0.1, 0.15) is 0 Å². The minimum atomic E-state index is 0. The molecule has 7 nitrogen and oxygen atoms in total. The Morgan fingerprint density at radius 2 is 0.855 bits per heavy atom. The normalized spacial score (nSPS) is 11.8. The van der Waals surface area contributed by atoms with Gasteiger partial charge < -0.3 is 24.6 Å². The zero-order valence-electron chi connectivity index (χ0n) is 42.7. The first-order valence-corrected chi connectivity index (χ1v) is 24.6. The van der Waals surface area contributed by atoms with E-state index in [9.17, 15) is 19.8 Å². The van der Waals surface area contributed by atoms with Gasteiger partial charge in [0.05, 0.1) is 11.5 Å². The van der Waals surface area contributed by atoms with E-state index in [0.29, 0.717) is 0 Å². The van der Waals surface area contributed by atoms with Crippen LogP contribution in [0.1, 0.15) is 129 Å². The Labute approximate surface area is 440 Å². The molecule has 2 N–H and O–H groups in total. The number of carbonyl (C=O) groups is 2. The third kappa shape index (κ3) is 14.2. The molecular weight excluding hydrogens is 1220 g/mol. The molecule has 0 unspecified atom stereocenters. The summed E-state index contributed by atoms with van der Waals surface area (Å²) >= 11 is 0. The number of nitrogens with zero attached hydrogens (tertiary/aromatic N) is 2. The number of fused-ring (bicyclic) bond motifs is 5. The van der Waals surface area contributed by atoms with Crippen LogP contribution in [0.15, 0.2) is 101 Å². The minimum absolute atomic E-state index is 0. The summed E-state index contributed by atoms with van der Waals surface area (Å²) in [6, 6.07) is 27.9. The first-order chi connectivity index (χ1) is 32.2. The Kier molecular flexibility index (Phi) is 23.5. The van der Waals surface area contributed by atoms with E-state index >= 15 is 0 Å². The van der Waals surface area contributed by atoms with Gasteiger partial charge in [-0.1, -0.05) is 125 Å². The van der Waals surface area contributed by atoms with E-state index in [2.05, 4.69) is 88.4 Å². The first-order valence-electron chi connectivity index (χ1n) is 24.6. The molecular formula is C60H72N2O5Pt2-2. The number of furan rings is 1. The second kappa shape index (κ2) is 27.6. The van der Waals surface area contributed by atoms with Crippen LogP contribution in [0.3, 0.4) is 0 Å². The van der Waals surface area contributed by atoms with Crippen LogP contribution < -0.4 is 0 Å². The number of benzene rings is 4. The summed E-state index contributed by atoms with van der Waals surface area (Å²) in [6.07, 6.45) is 13.7. The smallest absolute Gasteiger partial charge is 0.162 e. The fourth-order valence-electron chi connectivity index (χ4n) is 9.17. The standard InChI is InChI=1S/C34H24N2O.2C13H24O2.2Pt/c1-19-11-21(3)29-17-35-31(15-23(29)13-19)27-9-5-7-25-26-8-6-10-28(34(26)37-33(25)27)32-16-24-14-20(2)12-22(4)30(24)18-36-32;2*1-5-10(6-2)12(14)9-13(15)11(7-3)8-4;;/h5-8,11-18H,1-4H3;2*9-11,14H,5-8H2,1-4H3;;/q-2;;;;/b;2*12-9-;;. The second-order valence-corrected chi connectivity index (χ2v) is 18.0.